The minimum absolute atomic E-state index is 0. The summed E-state index contributed by atoms with van der Waals surface area (Å²) in [6.45, 7) is 0.521. The van der Waals surface area contributed by atoms with E-state index in [4.69, 9.17) is 20.4 Å². The number of carboxylic acid groups (broad SMARTS) is 2. The van der Waals surface area contributed by atoms with Gasteiger partial charge in [-0.25, -0.2) is 0 Å². The Hall–Kier alpha value is -0.821. The topological polar surface area (TPSA) is 363 Å². The van der Waals surface area contributed by atoms with Crippen molar-refractivity contribution in [2.75, 3.05) is 13.2 Å². The third-order valence-corrected chi connectivity index (χ3v) is 5.97. The molecule has 19 heteroatoms. The average molecular weight is 685 g/mol. The minimum atomic E-state index is -2.83. The van der Waals surface area contributed by atoms with Crippen LogP contribution in [0.3, 0.4) is 0 Å². The Balaban J connectivity index is -0.000000648. The first-order chi connectivity index (χ1) is 17.3. The molecule has 0 aromatic carbocycles. The molecule has 0 aromatic rings. The zero-order chi connectivity index (χ0) is 30.8. The van der Waals surface area contributed by atoms with E-state index >= 15 is 0 Å². The summed E-state index contributed by atoms with van der Waals surface area (Å²) in [4.78, 5) is 21.4. The molecule has 0 aliphatic rings. The van der Waals surface area contributed by atoms with Crippen molar-refractivity contribution >= 4 is 35.8 Å². The van der Waals surface area contributed by atoms with Gasteiger partial charge in [0.05, 0.1) is 25.2 Å². The molecule has 2 radical (unpaired) electrons. The molecule has 39 heavy (non-hydrogen) atoms. The maximum Gasteiger partial charge on any atom is 2.00 e. The van der Waals surface area contributed by atoms with Gasteiger partial charge < -0.3 is 91.3 Å². The monoisotopic (exact) mass is 686 g/mol. The Bertz CT molecular complexity index is 658. The van der Waals surface area contributed by atoms with Gasteiger partial charge in [-0.3, -0.25) is 0 Å². The first-order valence-electron chi connectivity index (χ1n) is 11.2. The van der Waals surface area contributed by atoms with Gasteiger partial charge in [-0.1, -0.05) is 13.8 Å². The Labute approximate surface area is 239 Å². The van der Waals surface area contributed by atoms with E-state index in [1.54, 1.807) is 0 Å². The van der Waals surface area contributed by atoms with Gasteiger partial charge in [-0.05, 0) is 12.8 Å². The molecule has 0 spiro atoms. The van der Waals surface area contributed by atoms with Crippen LogP contribution in [0.4, 0.5) is 0 Å². The molecule has 12 unspecified atom stereocenters. The molecule has 0 heterocycles. The van der Waals surface area contributed by atoms with Gasteiger partial charge in [-0.2, -0.15) is 0 Å². The van der Waals surface area contributed by atoms with Crippen LogP contribution in [0.25, 0.3) is 0 Å². The van der Waals surface area contributed by atoms with Crippen molar-refractivity contribution < 1.29 is 91.3 Å². The summed E-state index contributed by atoms with van der Waals surface area (Å²) in [7, 11) is 0. The molecule has 0 rings (SSSR count). The Kier molecular flexibility index (Phi) is 20.3. The van der Waals surface area contributed by atoms with Crippen molar-refractivity contribution in [2.45, 2.75) is 98.9 Å². The summed E-state index contributed by atoms with van der Waals surface area (Å²) in [5.41, 5.74) is -5.66. The zero-order valence-electron chi connectivity index (χ0n) is 21.0. The fraction of sp³-hybridized carbons (Fsp3) is 0.900. The first-order valence-corrected chi connectivity index (χ1v) is 11.2. The predicted molar refractivity (Wildman–Crippen MR) is 120 cm³/mol. The third kappa shape index (κ3) is 10.8. The van der Waals surface area contributed by atoms with Gasteiger partial charge in [0.1, 0.15) is 72.2 Å². The van der Waals surface area contributed by atoms with Crippen LogP contribution in [0.5, 0.6) is 0 Å². The zero-order valence-corrected chi connectivity index (χ0v) is 23.9. The number of aliphatic hydroxyl groups is 14. The molecule has 0 aliphatic heterocycles. The van der Waals surface area contributed by atoms with Crippen LogP contribution < -0.4 is 10.2 Å². The maximum absolute atomic E-state index is 10.7. The van der Waals surface area contributed by atoms with E-state index in [1.807, 2.05) is 0 Å². The van der Waals surface area contributed by atoms with E-state index in [0.29, 0.717) is 0 Å². The average Bonchev–Trinajstić information content (AvgIpc) is 2.91. The quantitative estimate of drug-likeness (QED) is 0.0671. The number of aliphatic hydroxyl groups excluding tert-OH is 12. The van der Waals surface area contributed by atoms with Crippen LogP contribution in [0.1, 0.15) is 26.7 Å². The maximum atomic E-state index is 10.7. The summed E-state index contributed by atoms with van der Waals surface area (Å²) >= 11 is 0. The van der Waals surface area contributed by atoms with Gasteiger partial charge in [0.2, 0.25) is 0 Å². The second kappa shape index (κ2) is 18.6. The molecule has 18 nitrogen and oxygen atoms in total. The molecule has 0 saturated carbocycles. The number of carbonyl (C=O) groups is 2. The van der Waals surface area contributed by atoms with Crippen molar-refractivity contribution in [1.82, 2.24) is 0 Å². The summed E-state index contributed by atoms with van der Waals surface area (Å²) in [5.74, 6) is -4.13. The fourth-order valence-corrected chi connectivity index (χ4v) is 2.96. The molecule has 0 fully saturated rings. The van der Waals surface area contributed by atoms with Gasteiger partial charge in [0.15, 0.2) is 0 Å². The molecule has 0 aliphatic carbocycles. The Morgan fingerprint density at radius 2 is 0.795 bits per heavy atom. The first kappa shape index (κ1) is 42.6. The summed E-state index contributed by atoms with van der Waals surface area (Å²) < 4.78 is 0. The fourth-order valence-electron chi connectivity index (χ4n) is 2.96. The van der Waals surface area contributed by atoms with E-state index in [2.05, 4.69) is 0 Å². The molecule has 0 saturated heterocycles. The molecule has 230 valence electrons. The number of carboxylic acids is 2. The van der Waals surface area contributed by atoms with Crippen molar-refractivity contribution in [3.63, 3.8) is 0 Å². The normalized spacial score (nSPS) is 22.4. The van der Waals surface area contributed by atoms with Crippen LogP contribution in [0.15, 0.2) is 0 Å². The summed E-state index contributed by atoms with van der Waals surface area (Å²) in [6, 6.07) is 0. The van der Waals surface area contributed by atoms with Crippen molar-refractivity contribution in [1.29, 1.82) is 0 Å². The molecule has 14 N–H and O–H groups in total. The molecular weight excluding hydrogens is 647 g/mol. The SMILES string of the molecule is CCC(O)(C(=O)[O-])C(O)C(O)C(O)C(O)C(O)CO.CCC(O)(C(=O)[O-])C(O)C(O)C(O)C(O)C(O)CO.[Sn+2]. The van der Waals surface area contributed by atoms with Gasteiger partial charge in [-0.15, -0.1) is 0 Å². The van der Waals surface area contributed by atoms with Crippen molar-refractivity contribution in [3.05, 3.63) is 0 Å². The van der Waals surface area contributed by atoms with Crippen LogP contribution in [0.2, 0.25) is 0 Å². The van der Waals surface area contributed by atoms with Gasteiger partial charge in [0, 0.05) is 0 Å². The molecule has 0 bridgehead atoms. The Morgan fingerprint density at radius 3 is 0.949 bits per heavy atom. The van der Waals surface area contributed by atoms with Crippen LogP contribution in [-0.2, 0) is 9.59 Å². The van der Waals surface area contributed by atoms with Gasteiger partial charge in [0.25, 0.3) is 0 Å². The largest absolute Gasteiger partial charge is 2.00 e. The van der Waals surface area contributed by atoms with Crippen molar-refractivity contribution in [3.8, 4) is 0 Å². The van der Waals surface area contributed by atoms with Crippen molar-refractivity contribution in [2.24, 2.45) is 0 Å². The van der Waals surface area contributed by atoms with E-state index in [1.165, 1.54) is 13.8 Å². The van der Waals surface area contributed by atoms with Crippen LogP contribution >= 0.6 is 0 Å². The number of aliphatic carboxylic acids is 2. The standard InChI is InChI=1S/2C10H20O9.Sn/c2*1-2-10(19,9(17)18)8(16)7(15)6(14)5(13)4(12)3-11;/h2*4-8,11-16,19H,2-3H2,1H3,(H,17,18);/q;;+2/p-2. The number of hydrogen-bond acceptors (Lipinski definition) is 18. The number of hydrogen-bond donors (Lipinski definition) is 14. The third-order valence-electron chi connectivity index (χ3n) is 5.97. The van der Waals surface area contributed by atoms with Crippen LogP contribution in [-0.4, -0.2) is 193 Å². The number of rotatable bonds is 16. The molecular formula is C20H38O18Sn. The second-order valence-corrected chi connectivity index (χ2v) is 8.46. The van der Waals surface area contributed by atoms with E-state index in [-0.39, 0.29) is 23.9 Å². The van der Waals surface area contributed by atoms with Gasteiger partial charge >= 0.3 is 23.9 Å². The number of carbonyl (C=O) groups excluding carboxylic acids is 2. The van der Waals surface area contributed by atoms with E-state index in [9.17, 15) is 70.9 Å². The minimum Gasteiger partial charge on any atom is -0.547 e. The predicted octanol–water partition coefficient (Wildman–Crippen LogP) is -11.0. The van der Waals surface area contributed by atoms with Crippen LogP contribution in [0, 0.1) is 0 Å². The molecule has 0 aromatic heterocycles. The molecule has 12 atom stereocenters. The van der Waals surface area contributed by atoms with E-state index in [0.717, 1.165) is 0 Å². The summed E-state index contributed by atoms with van der Waals surface area (Å²) in [5, 5.41) is 151. The summed E-state index contributed by atoms with van der Waals surface area (Å²) in [6.07, 6.45) is -22.4. The molecule has 0 amide bonds. The van der Waals surface area contributed by atoms with E-state index < -0.39 is 110 Å². The smallest absolute Gasteiger partial charge is 0.547 e. The Morgan fingerprint density at radius 1 is 0.564 bits per heavy atom. The second-order valence-electron chi connectivity index (χ2n) is 8.46.